The topological polar surface area (TPSA) is 55.4 Å². The standard InChI is InChI=1S/C17H15ClFNO3/c1-23-16(21)10-15(11-5-3-2-4-6-11)20-17(22)13-9-12(18)7-8-14(13)19/h2-9,15H,10H2,1H3,(H,20,22)/t15-/m1/s1. The Morgan fingerprint density at radius 2 is 1.91 bits per heavy atom. The van der Waals surface area contributed by atoms with Crippen LogP contribution in [0.25, 0.3) is 0 Å². The molecule has 23 heavy (non-hydrogen) atoms. The van der Waals surface area contributed by atoms with E-state index in [1.807, 2.05) is 6.07 Å². The number of amides is 1. The maximum atomic E-state index is 13.8. The van der Waals surface area contributed by atoms with Gasteiger partial charge in [-0.2, -0.15) is 0 Å². The van der Waals surface area contributed by atoms with Crippen LogP contribution in [-0.2, 0) is 9.53 Å². The summed E-state index contributed by atoms with van der Waals surface area (Å²) in [5.74, 6) is -1.81. The van der Waals surface area contributed by atoms with Gasteiger partial charge in [-0.25, -0.2) is 4.39 Å². The highest BCUT2D eigenvalue weighted by Gasteiger charge is 2.21. The van der Waals surface area contributed by atoms with Crippen LogP contribution < -0.4 is 5.32 Å². The van der Waals surface area contributed by atoms with Gasteiger partial charge in [-0.15, -0.1) is 0 Å². The van der Waals surface area contributed by atoms with Gasteiger partial charge in [0.05, 0.1) is 25.1 Å². The highest BCUT2D eigenvalue weighted by Crippen LogP contribution is 2.20. The number of carbonyl (C=O) groups is 2. The van der Waals surface area contributed by atoms with Crippen LogP contribution in [0.4, 0.5) is 4.39 Å². The van der Waals surface area contributed by atoms with Crippen molar-refractivity contribution in [3.8, 4) is 0 Å². The zero-order valence-electron chi connectivity index (χ0n) is 12.4. The molecule has 0 radical (unpaired) electrons. The zero-order valence-corrected chi connectivity index (χ0v) is 13.1. The summed E-state index contributed by atoms with van der Waals surface area (Å²) in [5, 5.41) is 2.90. The number of ether oxygens (including phenoxy) is 1. The molecule has 2 rings (SSSR count). The van der Waals surface area contributed by atoms with Crippen LogP contribution in [0.3, 0.4) is 0 Å². The Labute approximate surface area is 138 Å². The van der Waals surface area contributed by atoms with E-state index in [9.17, 15) is 14.0 Å². The summed E-state index contributed by atoms with van der Waals surface area (Å²) >= 11 is 5.80. The molecular formula is C17H15ClFNO3. The Kier molecular flexibility index (Phi) is 5.71. The zero-order chi connectivity index (χ0) is 16.8. The second kappa shape index (κ2) is 7.74. The first-order chi connectivity index (χ1) is 11.0. The quantitative estimate of drug-likeness (QED) is 0.851. The van der Waals surface area contributed by atoms with Crippen LogP contribution in [0.1, 0.15) is 28.4 Å². The lowest BCUT2D eigenvalue weighted by molar-refractivity contribution is -0.141. The lowest BCUT2D eigenvalue weighted by Gasteiger charge is -2.18. The molecule has 6 heteroatoms. The molecule has 0 bridgehead atoms. The molecule has 1 N–H and O–H groups in total. The second-order valence-electron chi connectivity index (χ2n) is 4.84. The molecule has 2 aromatic carbocycles. The number of hydrogen-bond donors (Lipinski definition) is 1. The Bertz CT molecular complexity index is 706. The summed E-state index contributed by atoms with van der Waals surface area (Å²) in [4.78, 5) is 23.9. The smallest absolute Gasteiger partial charge is 0.307 e. The summed E-state index contributed by atoms with van der Waals surface area (Å²) in [6.07, 6.45) is -0.0611. The third kappa shape index (κ3) is 4.53. The van der Waals surface area contributed by atoms with E-state index >= 15 is 0 Å². The SMILES string of the molecule is COC(=O)C[C@@H](NC(=O)c1cc(Cl)ccc1F)c1ccccc1. The van der Waals surface area contributed by atoms with Crippen molar-refractivity contribution in [1.29, 1.82) is 0 Å². The molecule has 0 saturated heterocycles. The average molecular weight is 336 g/mol. The molecule has 1 atom stereocenters. The molecule has 0 aliphatic carbocycles. The van der Waals surface area contributed by atoms with Crippen LogP contribution in [0, 0.1) is 5.82 Å². The Hall–Kier alpha value is -2.40. The van der Waals surface area contributed by atoms with Crippen molar-refractivity contribution < 1.29 is 18.7 Å². The minimum atomic E-state index is -0.684. The number of esters is 1. The van der Waals surface area contributed by atoms with Crippen molar-refractivity contribution in [1.82, 2.24) is 5.32 Å². The van der Waals surface area contributed by atoms with E-state index in [4.69, 9.17) is 11.6 Å². The third-order valence-corrected chi connectivity index (χ3v) is 3.51. The lowest BCUT2D eigenvalue weighted by Crippen LogP contribution is -2.31. The first kappa shape index (κ1) is 17.0. The maximum Gasteiger partial charge on any atom is 0.307 e. The highest BCUT2D eigenvalue weighted by atomic mass is 35.5. The minimum Gasteiger partial charge on any atom is -0.469 e. The molecule has 0 heterocycles. The Morgan fingerprint density at radius 3 is 2.57 bits per heavy atom. The second-order valence-corrected chi connectivity index (χ2v) is 5.28. The molecule has 0 aliphatic rings. The predicted octanol–water partition coefficient (Wildman–Crippen LogP) is 3.51. The molecule has 0 aliphatic heterocycles. The van der Waals surface area contributed by atoms with E-state index in [1.165, 1.54) is 19.2 Å². The summed E-state index contributed by atoms with van der Waals surface area (Å²) in [5.41, 5.74) is 0.539. The summed E-state index contributed by atoms with van der Waals surface area (Å²) in [6.45, 7) is 0. The van der Waals surface area contributed by atoms with Crippen molar-refractivity contribution in [2.45, 2.75) is 12.5 Å². The van der Waals surface area contributed by atoms with E-state index in [2.05, 4.69) is 10.1 Å². The number of nitrogens with one attached hydrogen (secondary N) is 1. The Balaban J connectivity index is 2.25. The lowest BCUT2D eigenvalue weighted by atomic mass is 10.0. The van der Waals surface area contributed by atoms with Crippen LogP contribution in [0.2, 0.25) is 5.02 Å². The highest BCUT2D eigenvalue weighted by molar-refractivity contribution is 6.31. The number of halogens is 2. The van der Waals surface area contributed by atoms with Crippen LogP contribution in [0.5, 0.6) is 0 Å². The number of benzene rings is 2. The molecule has 120 valence electrons. The van der Waals surface area contributed by atoms with Gasteiger partial charge in [0.25, 0.3) is 5.91 Å². The van der Waals surface area contributed by atoms with Gasteiger partial charge in [0.15, 0.2) is 0 Å². The average Bonchev–Trinajstić information content (AvgIpc) is 2.57. The molecular weight excluding hydrogens is 321 g/mol. The van der Waals surface area contributed by atoms with Gasteiger partial charge in [-0.3, -0.25) is 9.59 Å². The van der Waals surface area contributed by atoms with E-state index in [0.29, 0.717) is 5.56 Å². The van der Waals surface area contributed by atoms with Gasteiger partial charge < -0.3 is 10.1 Å². The molecule has 4 nitrogen and oxygen atoms in total. The molecule has 0 aromatic heterocycles. The van der Waals surface area contributed by atoms with Crippen LogP contribution in [0.15, 0.2) is 48.5 Å². The first-order valence-corrected chi connectivity index (χ1v) is 7.26. The van der Waals surface area contributed by atoms with E-state index < -0.39 is 23.7 Å². The van der Waals surface area contributed by atoms with E-state index in [0.717, 1.165) is 6.07 Å². The number of methoxy groups -OCH3 is 1. The molecule has 1 amide bonds. The Morgan fingerprint density at radius 1 is 1.22 bits per heavy atom. The maximum absolute atomic E-state index is 13.8. The summed E-state index contributed by atoms with van der Waals surface area (Å²) in [6, 6.07) is 12.0. The van der Waals surface area contributed by atoms with Gasteiger partial charge in [-0.05, 0) is 23.8 Å². The van der Waals surface area contributed by atoms with Crippen LogP contribution >= 0.6 is 11.6 Å². The molecule has 2 aromatic rings. The monoisotopic (exact) mass is 335 g/mol. The fourth-order valence-corrected chi connectivity index (χ4v) is 2.27. The molecule has 0 saturated carbocycles. The molecule has 0 spiro atoms. The third-order valence-electron chi connectivity index (χ3n) is 3.28. The van der Waals surface area contributed by atoms with E-state index in [-0.39, 0.29) is 17.0 Å². The van der Waals surface area contributed by atoms with Gasteiger partial charge in [0.2, 0.25) is 0 Å². The first-order valence-electron chi connectivity index (χ1n) is 6.89. The summed E-state index contributed by atoms with van der Waals surface area (Å²) in [7, 11) is 1.27. The number of hydrogen-bond acceptors (Lipinski definition) is 3. The number of rotatable bonds is 5. The van der Waals surface area contributed by atoms with Gasteiger partial charge >= 0.3 is 5.97 Å². The van der Waals surface area contributed by atoms with Gasteiger partial charge in [-0.1, -0.05) is 41.9 Å². The summed E-state index contributed by atoms with van der Waals surface area (Å²) < 4.78 is 18.4. The van der Waals surface area contributed by atoms with E-state index in [1.54, 1.807) is 24.3 Å². The largest absolute Gasteiger partial charge is 0.469 e. The van der Waals surface area contributed by atoms with Gasteiger partial charge in [0, 0.05) is 5.02 Å². The van der Waals surface area contributed by atoms with Crippen molar-refractivity contribution in [3.63, 3.8) is 0 Å². The normalized spacial score (nSPS) is 11.6. The van der Waals surface area contributed by atoms with Gasteiger partial charge in [0.1, 0.15) is 5.82 Å². The van der Waals surface area contributed by atoms with Crippen molar-refractivity contribution in [3.05, 3.63) is 70.5 Å². The molecule has 0 fully saturated rings. The number of carbonyl (C=O) groups excluding carboxylic acids is 2. The van der Waals surface area contributed by atoms with Crippen molar-refractivity contribution >= 4 is 23.5 Å². The predicted molar refractivity (Wildman–Crippen MR) is 84.7 cm³/mol. The molecule has 0 unspecified atom stereocenters. The fraction of sp³-hybridized carbons (Fsp3) is 0.176. The fourth-order valence-electron chi connectivity index (χ4n) is 2.10. The minimum absolute atomic E-state index is 0.0611. The van der Waals surface area contributed by atoms with Crippen molar-refractivity contribution in [2.24, 2.45) is 0 Å². The van der Waals surface area contributed by atoms with Crippen molar-refractivity contribution in [2.75, 3.05) is 7.11 Å². The van der Waals surface area contributed by atoms with Crippen LogP contribution in [-0.4, -0.2) is 19.0 Å².